The summed E-state index contributed by atoms with van der Waals surface area (Å²) in [4.78, 5) is 0. The summed E-state index contributed by atoms with van der Waals surface area (Å²) in [6, 6.07) is 14.5. The van der Waals surface area contributed by atoms with Crippen LogP contribution >= 0.6 is 11.6 Å². The van der Waals surface area contributed by atoms with Crippen molar-refractivity contribution in [1.82, 2.24) is 0 Å². The fraction of sp³-hybridized carbons (Fsp3) is 0.636. The zero-order valence-corrected chi connectivity index (χ0v) is 24.8. The SMILES string of the molecule is CCCCO[C@@H]1[C@@H](OCCCC)[C@H](c2ccc(Cl)c(Cc3ccc(OCC)cc3)c2)O[C@]2(CCCO)CC[C@H]12. The van der Waals surface area contributed by atoms with Gasteiger partial charge in [-0.3, -0.25) is 0 Å². The number of benzene rings is 2. The molecule has 0 unspecified atom stereocenters. The predicted molar refractivity (Wildman–Crippen MR) is 157 cm³/mol. The Morgan fingerprint density at radius 1 is 0.949 bits per heavy atom. The van der Waals surface area contributed by atoms with Crippen molar-refractivity contribution in [3.8, 4) is 5.75 Å². The fourth-order valence-electron chi connectivity index (χ4n) is 6.09. The molecular formula is C33H47ClO5. The second-order valence-electron chi connectivity index (χ2n) is 11.1. The van der Waals surface area contributed by atoms with E-state index in [-0.39, 0.29) is 30.5 Å². The monoisotopic (exact) mass is 558 g/mol. The van der Waals surface area contributed by atoms with E-state index in [0.717, 1.165) is 86.3 Å². The molecule has 0 radical (unpaired) electrons. The average Bonchev–Trinajstić information content (AvgIpc) is 2.93. The second kappa shape index (κ2) is 14.8. The Kier molecular flexibility index (Phi) is 11.5. The van der Waals surface area contributed by atoms with Crippen molar-refractivity contribution >= 4 is 11.6 Å². The third-order valence-corrected chi connectivity index (χ3v) is 8.71. The van der Waals surface area contributed by atoms with Crippen LogP contribution in [0.25, 0.3) is 0 Å². The van der Waals surface area contributed by atoms with E-state index in [1.807, 2.05) is 25.1 Å². The number of aliphatic hydroxyl groups is 1. The lowest BCUT2D eigenvalue weighted by Gasteiger charge is -2.60. The predicted octanol–water partition coefficient (Wildman–Crippen LogP) is 7.69. The standard InChI is InChI=1S/C33H47ClO5/c1-4-7-20-37-31-28-16-18-33(28,17-9-19-35)39-30(32(31)38-21-8-5-2)25-12-15-29(34)26(23-25)22-24-10-13-27(14-11-24)36-6-3/h10-15,23,28,30-32,35H,4-9,16-22H2,1-3H3/t28-,30+,31+,32+,33-/m1/s1. The van der Waals surface area contributed by atoms with Crippen LogP contribution in [-0.4, -0.2) is 49.3 Å². The van der Waals surface area contributed by atoms with Crippen molar-refractivity contribution in [3.63, 3.8) is 0 Å². The molecule has 1 aliphatic carbocycles. The van der Waals surface area contributed by atoms with Crippen LogP contribution in [0, 0.1) is 5.92 Å². The molecule has 2 fully saturated rings. The number of hydrogen-bond acceptors (Lipinski definition) is 5. The molecule has 5 atom stereocenters. The van der Waals surface area contributed by atoms with E-state index in [4.69, 9.17) is 30.5 Å². The van der Waals surface area contributed by atoms with Gasteiger partial charge in [0.25, 0.3) is 0 Å². The van der Waals surface area contributed by atoms with Gasteiger partial charge in [0.1, 0.15) is 18.0 Å². The van der Waals surface area contributed by atoms with E-state index in [2.05, 4.69) is 38.1 Å². The number of unbranched alkanes of at least 4 members (excludes halogenated alkanes) is 2. The first-order valence-electron chi connectivity index (χ1n) is 15.1. The molecule has 216 valence electrons. The summed E-state index contributed by atoms with van der Waals surface area (Å²) in [5, 5.41) is 10.4. The van der Waals surface area contributed by atoms with Gasteiger partial charge < -0.3 is 24.1 Å². The topological polar surface area (TPSA) is 57.2 Å². The van der Waals surface area contributed by atoms with Crippen LogP contribution in [0.2, 0.25) is 5.02 Å². The van der Waals surface area contributed by atoms with Crippen LogP contribution in [0.3, 0.4) is 0 Å². The summed E-state index contributed by atoms with van der Waals surface area (Å²) in [5.41, 5.74) is 3.05. The molecule has 5 nitrogen and oxygen atoms in total. The lowest BCUT2D eigenvalue weighted by Crippen LogP contribution is -2.64. The van der Waals surface area contributed by atoms with Crippen molar-refractivity contribution < 1.29 is 24.1 Å². The maximum Gasteiger partial charge on any atom is 0.119 e. The molecule has 2 aliphatic rings. The summed E-state index contributed by atoms with van der Waals surface area (Å²) < 4.78 is 25.9. The smallest absolute Gasteiger partial charge is 0.119 e. The molecular weight excluding hydrogens is 512 g/mol. The summed E-state index contributed by atoms with van der Waals surface area (Å²) in [5.74, 6) is 1.17. The molecule has 1 aliphatic heterocycles. The molecule has 6 heteroatoms. The summed E-state index contributed by atoms with van der Waals surface area (Å²) in [6.07, 6.45) is 8.14. The molecule has 1 N–H and O–H groups in total. The number of halogens is 1. The van der Waals surface area contributed by atoms with E-state index in [9.17, 15) is 5.11 Å². The van der Waals surface area contributed by atoms with Gasteiger partial charge in [0.2, 0.25) is 0 Å². The molecule has 0 spiro atoms. The first-order chi connectivity index (χ1) is 19.0. The van der Waals surface area contributed by atoms with Gasteiger partial charge in [-0.15, -0.1) is 0 Å². The summed E-state index contributed by atoms with van der Waals surface area (Å²) >= 11 is 6.73. The van der Waals surface area contributed by atoms with Crippen molar-refractivity contribution in [2.75, 3.05) is 26.4 Å². The van der Waals surface area contributed by atoms with Gasteiger partial charge >= 0.3 is 0 Å². The quantitative estimate of drug-likeness (QED) is 0.214. The van der Waals surface area contributed by atoms with Crippen LogP contribution in [-0.2, 0) is 20.6 Å². The van der Waals surface area contributed by atoms with Crippen molar-refractivity contribution in [2.45, 2.75) is 102 Å². The fourth-order valence-corrected chi connectivity index (χ4v) is 6.27. The first kappa shape index (κ1) is 30.3. The highest BCUT2D eigenvalue weighted by atomic mass is 35.5. The molecule has 2 aromatic rings. The minimum Gasteiger partial charge on any atom is -0.494 e. The van der Waals surface area contributed by atoms with Gasteiger partial charge in [0.05, 0.1) is 18.3 Å². The van der Waals surface area contributed by atoms with Gasteiger partial charge in [0, 0.05) is 30.8 Å². The van der Waals surface area contributed by atoms with Crippen LogP contribution in [0.4, 0.5) is 0 Å². The highest BCUT2D eigenvalue weighted by Crippen LogP contribution is 2.56. The Balaban J connectivity index is 1.64. The van der Waals surface area contributed by atoms with Crippen LogP contribution in [0.5, 0.6) is 5.75 Å². The number of rotatable bonds is 16. The average molecular weight is 559 g/mol. The molecule has 1 heterocycles. The molecule has 2 aromatic carbocycles. The van der Waals surface area contributed by atoms with E-state index < -0.39 is 0 Å². The maximum absolute atomic E-state index is 9.66. The summed E-state index contributed by atoms with van der Waals surface area (Å²) in [6.45, 7) is 8.62. The van der Waals surface area contributed by atoms with Crippen LogP contribution in [0.1, 0.15) is 94.9 Å². The minimum absolute atomic E-state index is 0.0233. The lowest BCUT2D eigenvalue weighted by molar-refractivity contribution is -0.307. The van der Waals surface area contributed by atoms with Crippen molar-refractivity contribution in [1.29, 1.82) is 0 Å². The highest BCUT2D eigenvalue weighted by Gasteiger charge is 2.60. The van der Waals surface area contributed by atoms with Gasteiger partial charge in [-0.05, 0) is 86.8 Å². The lowest BCUT2D eigenvalue weighted by atomic mass is 9.61. The Hall–Kier alpha value is -1.63. The van der Waals surface area contributed by atoms with Crippen LogP contribution < -0.4 is 4.74 Å². The van der Waals surface area contributed by atoms with E-state index in [0.29, 0.717) is 19.1 Å². The number of fused-ring (bicyclic) bond motifs is 1. The molecule has 39 heavy (non-hydrogen) atoms. The van der Waals surface area contributed by atoms with Crippen molar-refractivity contribution in [2.24, 2.45) is 5.92 Å². The van der Waals surface area contributed by atoms with E-state index in [1.54, 1.807) is 0 Å². The second-order valence-corrected chi connectivity index (χ2v) is 11.5. The summed E-state index contributed by atoms with van der Waals surface area (Å²) in [7, 11) is 0. The Bertz CT molecular complexity index is 1010. The normalized spacial score (nSPS) is 26.2. The zero-order valence-electron chi connectivity index (χ0n) is 24.0. The van der Waals surface area contributed by atoms with Gasteiger partial charge in [0.15, 0.2) is 0 Å². The van der Waals surface area contributed by atoms with E-state index in [1.165, 1.54) is 5.56 Å². The Labute approximate surface area is 240 Å². The van der Waals surface area contributed by atoms with Gasteiger partial charge in [-0.1, -0.05) is 62.6 Å². The number of ether oxygens (including phenoxy) is 4. The minimum atomic E-state index is -0.274. The molecule has 0 amide bonds. The van der Waals surface area contributed by atoms with Crippen LogP contribution in [0.15, 0.2) is 42.5 Å². The van der Waals surface area contributed by atoms with Gasteiger partial charge in [-0.25, -0.2) is 0 Å². The maximum atomic E-state index is 9.66. The molecule has 0 aromatic heterocycles. The third kappa shape index (κ3) is 7.37. The van der Waals surface area contributed by atoms with Crippen molar-refractivity contribution in [3.05, 3.63) is 64.2 Å². The molecule has 0 bridgehead atoms. The third-order valence-electron chi connectivity index (χ3n) is 8.34. The first-order valence-corrected chi connectivity index (χ1v) is 15.4. The van der Waals surface area contributed by atoms with Gasteiger partial charge in [-0.2, -0.15) is 0 Å². The molecule has 4 rings (SSSR count). The molecule has 1 saturated heterocycles. The van der Waals surface area contributed by atoms with E-state index >= 15 is 0 Å². The number of aliphatic hydroxyl groups excluding tert-OH is 1. The zero-order chi connectivity index (χ0) is 27.7. The Morgan fingerprint density at radius 3 is 2.28 bits per heavy atom. The number of hydrogen-bond donors (Lipinski definition) is 1. The Morgan fingerprint density at radius 2 is 1.67 bits per heavy atom. The molecule has 1 saturated carbocycles. The highest BCUT2D eigenvalue weighted by molar-refractivity contribution is 6.31. The largest absolute Gasteiger partial charge is 0.494 e.